The lowest BCUT2D eigenvalue weighted by Gasteiger charge is -2.28. The van der Waals surface area contributed by atoms with Crippen molar-refractivity contribution in [2.24, 2.45) is 0 Å². The fourth-order valence-corrected chi connectivity index (χ4v) is 3.93. The van der Waals surface area contributed by atoms with Gasteiger partial charge in [-0.25, -0.2) is 14.4 Å². The molecule has 9 heteroatoms. The summed E-state index contributed by atoms with van der Waals surface area (Å²) in [6.45, 7) is 8.82. The van der Waals surface area contributed by atoms with Crippen molar-refractivity contribution in [2.75, 3.05) is 12.0 Å². The van der Waals surface area contributed by atoms with Crippen LogP contribution in [0.5, 0.6) is 5.75 Å². The van der Waals surface area contributed by atoms with Crippen LogP contribution in [-0.2, 0) is 11.3 Å². The molecule has 3 rings (SSSR count). The largest absolute Gasteiger partial charge is 0.496 e. The number of carboxylic acid groups (broad SMARTS) is 2. The molecule has 2 N–H and O–H groups in total. The first-order chi connectivity index (χ1) is 17.3. The monoisotopic (exact) mass is 506 g/mol. The predicted octanol–water partition coefficient (Wildman–Crippen LogP) is 5.71. The number of aryl methyl sites for hydroxylation is 1. The Morgan fingerprint density at radius 3 is 2.27 bits per heavy atom. The first-order valence-electron chi connectivity index (χ1n) is 11.5. The van der Waals surface area contributed by atoms with Crippen molar-refractivity contribution in [2.45, 2.75) is 46.8 Å². The second-order valence-electron chi connectivity index (χ2n) is 9.54. The van der Waals surface area contributed by atoms with Crippen LogP contribution in [0.25, 0.3) is 11.1 Å². The lowest BCUT2D eigenvalue weighted by atomic mass is 9.97. The maximum Gasteiger partial charge on any atom is 0.415 e. The average molecular weight is 507 g/mol. The number of ether oxygens (including phenoxy) is 2. The topological polar surface area (TPSA) is 126 Å². The van der Waals surface area contributed by atoms with Gasteiger partial charge in [-0.2, -0.15) is 0 Å². The summed E-state index contributed by atoms with van der Waals surface area (Å²) < 4.78 is 11.1. The molecule has 194 valence electrons. The lowest BCUT2D eigenvalue weighted by molar-refractivity contribution is 0.0574. The first-order valence-corrected chi connectivity index (χ1v) is 11.5. The van der Waals surface area contributed by atoms with Crippen molar-refractivity contribution >= 4 is 23.7 Å². The van der Waals surface area contributed by atoms with Crippen LogP contribution in [0.2, 0.25) is 0 Å². The summed E-state index contributed by atoms with van der Waals surface area (Å²) in [5, 5.41) is 19.5. The van der Waals surface area contributed by atoms with E-state index in [2.05, 4.69) is 4.98 Å². The Morgan fingerprint density at radius 2 is 1.68 bits per heavy atom. The van der Waals surface area contributed by atoms with Gasteiger partial charge in [-0.1, -0.05) is 18.2 Å². The van der Waals surface area contributed by atoms with Gasteiger partial charge in [-0.15, -0.1) is 0 Å². The van der Waals surface area contributed by atoms with E-state index in [0.717, 1.165) is 11.1 Å². The molecule has 1 heterocycles. The highest BCUT2D eigenvalue weighted by Crippen LogP contribution is 2.32. The number of amides is 1. The zero-order valence-corrected chi connectivity index (χ0v) is 21.7. The van der Waals surface area contributed by atoms with Gasteiger partial charge < -0.3 is 19.7 Å². The zero-order chi connectivity index (χ0) is 27.5. The summed E-state index contributed by atoms with van der Waals surface area (Å²) in [6, 6.07) is 10.6. The van der Waals surface area contributed by atoms with Crippen LogP contribution in [0, 0.1) is 13.8 Å². The fourth-order valence-electron chi connectivity index (χ4n) is 3.93. The Hall–Kier alpha value is -4.40. The molecule has 0 aliphatic heterocycles. The number of hydrogen-bond donors (Lipinski definition) is 2. The molecule has 0 saturated heterocycles. The van der Waals surface area contributed by atoms with Crippen molar-refractivity contribution in [3.8, 4) is 16.9 Å². The van der Waals surface area contributed by atoms with E-state index in [0.29, 0.717) is 22.6 Å². The standard InChI is InChI=1S/C28H30N2O7/c1-16-14-29-23(17(2)24(16)36-6)15-30(27(35)37-28(3,4)5)20-12-18(11-19(13-20)25(31)32)21-9-7-8-10-22(21)26(33)34/h7-14H,15H2,1-6H3,(H,31,32)(H,33,34). The number of aromatic nitrogens is 1. The van der Waals surface area contributed by atoms with Crippen molar-refractivity contribution in [3.63, 3.8) is 0 Å². The van der Waals surface area contributed by atoms with Crippen molar-refractivity contribution in [1.82, 2.24) is 4.98 Å². The molecule has 0 aliphatic rings. The number of carboxylic acids is 2. The van der Waals surface area contributed by atoms with E-state index in [-0.39, 0.29) is 23.4 Å². The van der Waals surface area contributed by atoms with Crippen LogP contribution >= 0.6 is 0 Å². The Bertz CT molecular complexity index is 1360. The highest BCUT2D eigenvalue weighted by atomic mass is 16.6. The normalized spacial score (nSPS) is 11.1. The number of aromatic carboxylic acids is 2. The maximum absolute atomic E-state index is 13.4. The number of benzene rings is 2. The lowest BCUT2D eigenvalue weighted by Crippen LogP contribution is -2.37. The highest BCUT2D eigenvalue weighted by Gasteiger charge is 2.27. The van der Waals surface area contributed by atoms with Gasteiger partial charge in [0, 0.05) is 23.0 Å². The third-order valence-corrected chi connectivity index (χ3v) is 5.62. The van der Waals surface area contributed by atoms with Crippen LogP contribution < -0.4 is 9.64 Å². The second kappa shape index (κ2) is 10.7. The minimum Gasteiger partial charge on any atom is -0.496 e. The number of carbonyl (C=O) groups excluding carboxylic acids is 1. The van der Waals surface area contributed by atoms with E-state index in [9.17, 15) is 24.6 Å². The molecule has 0 fully saturated rings. The third-order valence-electron chi connectivity index (χ3n) is 5.62. The van der Waals surface area contributed by atoms with Crippen LogP contribution in [0.1, 0.15) is 58.3 Å². The molecule has 9 nitrogen and oxygen atoms in total. The molecule has 0 spiro atoms. The second-order valence-corrected chi connectivity index (χ2v) is 9.54. The first kappa shape index (κ1) is 27.2. The summed E-state index contributed by atoms with van der Waals surface area (Å²) in [7, 11) is 1.55. The molecule has 1 amide bonds. The van der Waals surface area contributed by atoms with Crippen LogP contribution in [0.4, 0.5) is 10.5 Å². The van der Waals surface area contributed by atoms with Gasteiger partial charge in [-0.3, -0.25) is 9.88 Å². The fraction of sp³-hybridized carbons (Fsp3) is 0.286. The molecule has 0 aliphatic carbocycles. The molecule has 37 heavy (non-hydrogen) atoms. The Morgan fingerprint density at radius 1 is 1.00 bits per heavy atom. The Labute approximate surface area is 215 Å². The molecule has 0 saturated carbocycles. The predicted molar refractivity (Wildman–Crippen MR) is 138 cm³/mol. The van der Waals surface area contributed by atoms with E-state index in [1.807, 2.05) is 13.8 Å². The van der Waals surface area contributed by atoms with Gasteiger partial charge in [0.25, 0.3) is 0 Å². The Balaban J connectivity index is 2.23. The summed E-state index contributed by atoms with van der Waals surface area (Å²) in [6.07, 6.45) is 0.921. The summed E-state index contributed by atoms with van der Waals surface area (Å²) in [5.74, 6) is -1.76. The van der Waals surface area contributed by atoms with E-state index in [4.69, 9.17) is 9.47 Å². The van der Waals surface area contributed by atoms with Crippen molar-refractivity contribution in [1.29, 1.82) is 0 Å². The van der Waals surface area contributed by atoms with Gasteiger partial charge in [-0.05, 0) is 70.0 Å². The number of pyridine rings is 1. The van der Waals surface area contributed by atoms with Gasteiger partial charge in [0.05, 0.1) is 30.5 Å². The van der Waals surface area contributed by atoms with E-state index in [1.54, 1.807) is 58.3 Å². The van der Waals surface area contributed by atoms with Crippen molar-refractivity contribution < 1.29 is 34.1 Å². The number of hydrogen-bond acceptors (Lipinski definition) is 6. The molecule has 0 bridgehead atoms. The number of carbonyl (C=O) groups is 3. The summed E-state index contributed by atoms with van der Waals surface area (Å²) in [4.78, 5) is 43.0. The number of rotatable bonds is 7. The SMILES string of the molecule is COc1c(C)cnc(CN(C(=O)OC(C)(C)C)c2cc(C(=O)O)cc(-c3ccccc3C(=O)O)c2)c1C. The molecule has 0 unspecified atom stereocenters. The minimum absolute atomic E-state index is 0.000545. The molecule has 2 aromatic carbocycles. The molecule has 0 atom stereocenters. The molecular weight excluding hydrogens is 476 g/mol. The summed E-state index contributed by atoms with van der Waals surface area (Å²) >= 11 is 0. The number of nitrogens with zero attached hydrogens (tertiary/aromatic N) is 2. The highest BCUT2D eigenvalue weighted by molar-refractivity contribution is 5.99. The van der Waals surface area contributed by atoms with E-state index in [1.165, 1.54) is 23.1 Å². The molecule has 0 radical (unpaired) electrons. The number of anilines is 1. The van der Waals surface area contributed by atoms with Crippen molar-refractivity contribution in [3.05, 3.63) is 76.6 Å². The minimum atomic E-state index is -1.23. The van der Waals surface area contributed by atoms with Crippen LogP contribution in [-0.4, -0.2) is 45.9 Å². The van der Waals surface area contributed by atoms with Crippen LogP contribution in [0.15, 0.2) is 48.7 Å². The number of methoxy groups -OCH3 is 1. The Kier molecular flexibility index (Phi) is 7.86. The van der Waals surface area contributed by atoms with Gasteiger partial charge in [0.15, 0.2) is 0 Å². The smallest absolute Gasteiger partial charge is 0.415 e. The zero-order valence-electron chi connectivity index (χ0n) is 21.7. The maximum atomic E-state index is 13.4. The van der Waals surface area contributed by atoms with E-state index < -0.39 is 23.6 Å². The quantitative estimate of drug-likeness (QED) is 0.417. The average Bonchev–Trinajstić information content (AvgIpc) is 2.82. The van der Waals surface area contributed by atoms with Gasteiger partial charge >= 0.3 is 18.0 Å². The molecule has 3 aromatic rings. The summed E-state index contributed by atoms with van der Waals surface area (Å²) in [5.41, 5.74) is 1.99. The molecular formula is C28H30N2O7. The van der Waals surface area contributed by atoms with E-state index >= 15 is 0 Å². The third kappa shape index (κ3) is 6.24. The molecule has 1 aromatic heterocycles. The van der Waals surface area contributed by atoms with Crippen LogP contribution in [0.3, 0.4) is 0 Å². The van der Waals surface area contributed by atoms with Gasteiger partial charge in [0.1, 0.15) is 11.4 Å². The van der Waals surface area contributed by atoms with Gasteiger partial charge in [0.2, 0.25) is 0 Å².